The quantitative estimate of drug-likeness (QED) is 0.924. The van der Waals surface area contributed by atoms with Crippen LogP contribution in [0.15, 0.2) is 22.7 Å². The van der Waals surface area contributed by atoms with E-state index in [1.165, 1.54) is 0 Å². The van der Waals surface area contributed by atoms with Crippen LogP contribution in [-0.4, -0.2) is 18.6 Å². The number of nitrogens with two attached hydrogens (primary N) is 1. The Balaban J connectivity index is 2.48. The third-order valence-corrected chi connectivity index (χ3v) is 2.84. The number of hydrogen-bond donors (Lipinski definition) is 1. The summed E-state index contributed by atoms with van der Waals surface area (Å²) in [6, 6.07) is 3.65. The van der Waals surface area contributed by atoms with Crippen molar-refractivity contribution < 1.29 is 9.15 Å². The minimum Gasteiger partial charge on any atom is -0.496 e. The van der Waals surface area contributed by atoms with Crippen molar-refractivity contribution in [2.45, 2.75) is 13.3 Å². The van der Waals surface area contributed by atoms with E-state index in [2.05, 4.69) is 4.98 Å². The highest BCUT2D eigenvalue weighted by Crippen LogP contribution is 2.35. The second-order valence-corrected chi connectivity index (χ2v) is 4.40. The van der Waals surface area contributed by atoms with Crippen LogP contribution in [0.4, 0.5) is 0 Å². The van der Waals surface area contributed by atoms with Crippen molar-refractivity contribution in [2.75, 3.05) is 13.7 Å². The summed E-state index contributed by atoms with van der Waals surface area (Å²) in [6.07, 6.45) is 2.28. The van der Waals surface area contributed by atoms with E-state index in [0.29, 0.717) is 29.6 Å². The molecule has 18 heavy (non-hydrogen) atoms. The predicted molar refractivity (Wildman–Crippen MR) is 71.0 cm³/mol. The Labute approximate surface area is 111 Å². The van der Waals surface area contributed by atoms with Gasteiger partial charge in [0.25, 0.3) is 0 Å². The number of methoxy groups -OCH3 is 1. The molecule has 2 rings (SSSR count). The van der Waals surface area contributed by atoms with Crippen LogP contribution in [0, 0.1) is 6.92 Å². The van der Waals surface area contributed by atoms with Gasteiger partial charge in [0.05, 0.1) is 18.9 Å². The van der Waals surface area contributed by atoms with Crippen LogP contribution >= 0.6 is 11.6 Å². The summed E-state index contributed by atoms with van der Waals surface area (Å²) >= 11 is 6.06. The molecular formula is C13H15ClN2O2. The molecule has 0 atom stereocenters. The Hall–Kier alpha value is -1.52. The SMILES string of the molecule is COc1c(C)cc(Cl)cc1-c1cnc(CCN)o1. The summed E-state index contributed by atoms with van der Waals surface area (Å²) in [5.74, 6) is 2.00. The highest BCUT2D eigenvalue weighted by molar-refractivity contribution is 6.31. The van der Waals surface area contributed by atoms with E-state index in [0.717, 1.165) is 16.9 Å². The molecule has 0 unspecified atom stereocenters. The van der Waals surface area contributed by atoms with Gasteiger partial charge in [-0.1, -0.05) is 11.6 Å². The Morgan fingerprint density at radius 1 is 1.44 bits per heavy atom. The van der Waals surface area contributed by atoms with Gasteiger partial charge in [-0.05, 0) is 24.6 Å². The van der Waals surface area contributed by atoms with Gasteiger partial charge in [0.2, 0.25) is 0 Å². The Bertz CT molecular complexity index is 552. The fraction of sp³-hybridized carbons (Fsp3) is 0.308. The molecular weight excluding hydrogens is 252 g/mol. The maximum atomic E-state index is 6.06. The Morgan fingerprint density at radius 3 is 2.89 bits per heavy atom. The fourth-order valence-corrected chi connectivity index (χ4v) is 2.13. The summed E-state index contributed by atoms with van der Waals surface area (Å²) in [4.78, 5) is 4.17. The lowest BCUT2D eigenvalue weighted by Crippen LogP contribution is -2.02. The number of aryl methyl sites for hydroxylation is 1. The second kappa shape index (κ2) is 5.42. The first-order chi connectivity index (χ1) is 8.65. The van der Waals surface area contributed by atoms with Gasteiger partial charge in [-0.15, -0.1) is 0 Å². The van der Waals surface area contributed by atoms with Gasteiger partial charge in [0, 0.05) is 18.0 Å². The number of ether oxygens (including phenoxy) is 1. The zero-order chi connectivity index (χ0) is 13.1. The molecule has 5 heteroatoms. The summed E-state index contributed by atoms with van der Waals surface area (Å²) in [7, 11) is 1.62. The molecule has 96 valence electrons. The first kappa shape index (κ1) is 12.9. The maximum absolute atomic E-state index is 6.06. The molecule has 0 radical (unpaired) electrons. The van der Waals surface area contributed by atoms with Crippen molar-refractivity contribution in [1.29, 1.82) is 0 Å². The number of oxazole rings is 1. The van der Waals surface area contributed by atoms with E-state index < -0.39 is 0 Å². The maximum Gasteiger partial charge on any atom is 0.196 e. The van der Waals surface area contributed by atoms with Crippen LogP contribution in [0.3, 0.4) is 0 Å². The molecule has 0 aliphatic rings. The minimum absolute atomic E-state index is 0.506. The summed E-state index contributed by atoms with van der Waals surface area (Å²) in [5, 5.41) is 0.639. The average Bonchev–Trinajstić information content (AvgIpc) is 2.77. The number of rotatable bonds is 4. The molecule has 0 bridgehead atoms. The summed E-state index contributed by atoms with van der Waals surface area (Å²) in [5.41, 5.74) is 7.23. The van der Waals surface area contributed by atoms with Gasteiger partial charge >= 0.3 is 0 Å². The lowest BCUT2D eigenvalue weighted by Gasteiger charge is -2.09. The molecule has 0 saturated carbocycles. The molecule has 0 amide bonds. The topological polar surface area (TPSA) is 61.3 Å². The zero-order valence-corrected chi connectivity index (χ0v) is 11.1. The standard InChI is InChI=1S/C13H15ClN2O2/c1-8-5-9(14)6-10(13(8)17-2)11-7-16-12(18-11)3-4-15/h5-7H,3-4,15H2,1-2H3. The van der Waals surface area contributed by atoms with Gasteiger partial charge in [-0.2, -0.15) is 0 Å². The first-order valence-corrected chi connectivity index (χ1v) is 6.02. The van der Waals surface area contributed by atoms with Crippen LogP contribution < -0.4 is 10.5 Å². The number of benzene rings is 1. The van der Waals surface area contributed by atoms with Gasteiger partial charge in [-0.3, -0.25) is 0 Å². The lowest BCUT2D eigenvalue weighted by atomic mass is 10.1. The third-order valence-electron chi connectivity index (χ3n) is 2.62. The average molecular weight is 267 g/mol. The van der Waals surface area contributed by atoms with Crippen molar-refractivity contribution in [3.8, 4) is 17.1 Å². The molecule has 0 aliphatic heterocycles. The molecule has 4 nitrogen and oxygen atoms in total. The Kier molecular flexibility index (Phi) is 3.89. The second-order valence-electron chi connectivity index (χ2n) is 3.96. The van der Waals surface area contributed by atoms with Crippen molar-refractivity contribution in [3.63, 3.8) is 0 Å². The number of hydrogen-bond acceptors (Lipinski definition) is 4. The molecule has 2 N–H and O–H groups in total. The van der Waals surface area contributed by atoms with Crippen LogP contribution in [0.5, 0.6) is 5.75 Å². The largest absolute Gasteiger partial charge is 0.496 e. The normalized spacial score (nSPS) is 10.7. The van der Waals surface area contributed by atoms with Gasteiger partial charge in [0.15, 0.2) is 11.7 Å². The fourth-order valence-electron chi connectivity index (χ4n) is 1.86. The van der Waals surface area contributed by atoms with E-state index in [9.17, 15) is 0 Å². The van der Waals surface area contributed by atoms with Gasteiger partial charge in [0.1, 0.15) is 5.75 Å². The number of nitrogens with zero attached hydrogens (tertiary/aromatic N) is 1. The van der Waals surface area contributed by atoms with Crippen molar-refractivity contribution in [2.24, 2.45) is 5.73 Å². The molecule has 0 saturated heterocycles. The molecule has 1 aromatic heterocycles. The van der Waals surface area contributed by atoms with E-state index in [1.807, 2.05) is 13.0 Å². The monoisotopic (exact) mass is 266 g/mol. The van der Waals surface area contributed by atoms with Crippen LogP contribution in [0.2, 0.25) is 5.02 Å². The minimum atomic E-state index is 0.506. The van der Waals surface area contributed by atoms with Crippen molar-refractivity contribution in [1.82, 2.24) is 4.98 Å². The lowest BCUT2D eigenvalue weighted by molar-refractivity contribution is 0.411. The summed E-state index contributed by atoms with van der Waals surface area (Å²) in [6.45, 7) is 2.44. The third kappa shape index (κ3) is 2.49. The van der Waals surface area contributed by atoms with Crippen LogP contribution in [0.25, 0.3) is 11.3 Å². The number of aromatic nitrogens is 1. The molecule has 0 spiro atoms. The van der Waals surface area contributed by atoms with Crippen LogP contribution in [0.1, 0.15) is 11.5 Å². The van der Waals surface area contributed by atoms with Gasteiger partial charge < -0.3 is 14.9 Å². The molecule has 0 aliphatic carbocycles. The van der Waals surface area contributed by atoms with Crippen molar-refractivity contribution >= 4 is 11.6 Å². The zero-order valence-electron chi connectivity index (χ0n) is 10.4. The number of halogens is 1. The van der Waals surface area contributed by atoms with E-state index >= 15 is 0 Å². The van der Waals surface area contributed by atoms with E-state index in [1.54, 1.807) is 19.4 Å². The smallest absolute Gasteiger partial charge is 0.196 e. The Morgan fingerprint density at radius 2 is 2.22 bits per heavy atom. The molecule has 1 aromatic carbocycles. The molecule has 0 fully saturated rings. The van der Waals surface area contributed by atoms with Crippen molar-refractivity contribution in [3.05, 3.63) is 34.8 Å². The summed E-state index contributed by atoms with van der Waals surface area (Å²) < 4.78 is 11.0. The molecule has 1 heterocycles. The molecule has 2 aromatic rings. The van der Waals surface area contributed by atoms with E-state index in [4.69, 9.17) is 26.5 Å². The first-order valence-electron chi connectivity index (χ1n) is 5.65. The van der Waals surface area contributed by atoms with Gasteiger partial charge in [-0.25, -0.2) is 4.98 Å². The predicted octanol–water partition coefficient (Wildman–Crippen LogP) is 2.81. The van der Waals surface area contributed by atoms with E-state index in [-0.39, 0.29) is 0 Å². The van der Waals surface area contributed by atoms with Crippen LogP contribution in [-0.2, 0) is 6.42 Å². The highest BCUT2D eigenvalue weighted by Gasteiger charge is 2.14. The highest BCUT2D eigenvalue weighted by atomic mass is 35.5.